The fourth-order valence-electron chi connectivity index (χ4n) is 1.50. The van der Waals surface area contributed by atoms with Gasteiger partial charge in [-0.05, 0) is 24.3 Å². The Hall–Kier alpha value is -1.74. The van der Waals surface area contributed by atoms with E-state index in [2.05, 4.69) is 0 Å². The highest BCUT2D eigenvalue weighted by Gasteiger charge is 2.07. The van der Waals surface area contributed by atoms with Crippen molar-refractivity contribution >= 4 is 18.9 Å². The molecule has 79 valence electrons. The molecule has 0 aliphatic heterocycles. The van der Waals surface area contributed by atoms with E-state index in [0.717, 1.165) is 11.4 Å². The van der Waals surface area contributed by atoms with Crippen LogP contribution in [0.3, 0.4) is 0 Å². The van der Waals surface area contributed by atoms with Crippen LogP contribution in [0.1, 0.15) is 0 Å². The Morgan fingerprint density at radius 1 is 0.812 bits per heavy atom. The van der Waals surface area contributed by atoms with E-state index in [9.17, 15) is 0 Å². The lowest BCUT2D eigenvalue weighted by atomic mass is 10.1. The van der Waals surface area contributed by atoms with Gasteiger partial charge in [0.15, 0.2) is 0 Å². The molecule has 0 fully saturated rings. The van der Waals surface area contributed by atoms with Gasteiger partial charge in [-0.15, -0.1) is 0 Å². The molecular formula is C13H13BNO. The number of hydrogen-bond donors (Lipinski definition) is 0. The molecule has 0 aliphatic carbocycles. The van der Waals surface area contributed by atoms with Crippen molar-refractivity contribution in [3.05, 3.63) is 60.7 Å². The van der Waals surface area contributed by atoms with Gasteiger partial charge in [0.2, 0.25) is 0 Å². The van der Waals surface area contributed by atoms with Crippen LogP contribution in [0.4, 0.5) is 11.4 Å². The Labute approximate surface area is 96.7 Å². The molecule has 16 heavy (non-hydrogen) atoms. The van der Waals surface area contributed by atoms with Crippen molar-refractivity contribution in [3.8, 4) is 0 Å². The van der Waals surface area contributed by atoms with Crippen LogP contribution >= 0.6 is 0 Å². The number of rotatable bonds is 4. The van der Waals surface area contributed by atoms with Crippen molar-refractivity contribution in [3.63, 3.8) is 0 Å². The summed E-state index contributed by atoms with van der Waals surface area (Å²) in [6.07, 6.45) is 0. The zero-order valence-electron chi connectivity index (χ0n) is 9.21. The van der Waals surface area contributed by atoms with Gasteiger partial charge in [-0.3, -0.25) is 0 Å². The van der Waals surface area contributed by atoms with Gasteiger partial charge in [0, 0.05) is 0 Å². The van der Waals surface area contributed by atoms with Gasteiger partial charge >= 0.3 is 7.48 Å². The molecule has 0 heterocycles. The van der Waals surface area contributed by atoms with Crippen molar-refractivity contribution in [1.82, 2.24) is 0 Å². The second kappa shape index (κ2) is 5.38. The molecule has 0 saturated heterocycles. The Morgan fingerprint density at radius 3 is 1.62 bits per heavy atom. The molecule has 0 N–H and O–H groups in total. The van der Waals surface area contributed by atoms with Gasteiger partial charge in [-0.2, -0.15) is 0 Å². The normalized spacial score (nSPS) is 9.81. The van der Waals surface area contributed by atoms with Gasteiger partial charge in [0.1, 0.15) is 0 Å². The average molecular weight is 210 g/mol. The SMILES string of the molecule is C[B]ON(c1ccccc1)c1ccccc1. The summed E-state index contributed by atoms with van der Waals surface area (Å²) in [5.74, 6) is 0. The summed E-state index contributed by atoms with van der Waals surface area (Å²) in [6, 6.07) is 20.0. The molecule has 0 atom stereocenters. The minimum atomic E-state index is 1.01. The molecule has 0 aliphatic rings. The van der Waals surface area contributed by atoms with Gasteiger partial charge in [-0.25, -0.2) is 5.06 Å². The number of nitrogens with zero attached hydrogens (tertiary/aromatic N) is 1. The molecule has 0 amide bonds. The van der Waals surface area contributed by atoms with Gasteiger partial charge < -0.3 is 4.76 Å². The molecule has 0 bridgehead atoms. The van der Waals surface area contributed by atoms with Crippen LogP contribution < -0.4 is 5.06 Å². The highest BCUT2D eigenvalue weighted by molar-refractivity contribution is 6.25. The van der Waals surface area contributed by atoms with Crippen LogP contribution in [0.25, 0.3) is 0 Å². The number of hydrogen-bond acceptors (Lipinski definition) is 2. The topological polar surface area (TPSA) is 12.5 Å². The number of anilines is 2. The second-order valence-corrected chi connectivity index (χ2v) is 3.31. The maximum Gasteiger partial charge on any atom is 0.331 e. The van der Waals surface area contributed by atoms with E-state index in [-0.39, 0.29) is 0 Å². The van der Waals surface area contributed by atoms with Crippen LogP contribution in [-0.4, -0.2) is 7.48 Å². The molecule has 0 unspecified atom stereocenters. The van der Waals surface area contributed by atoms with E-state index in [1.807, 2.05) is 67.5 Å². The molecule has 0 saturated carbocycles. The zero-order valence-corrected chi connectivity index (χ0v) is 9.21. The maximum absolute atomic E-state index is 5.52. The van der Waals surface area contributed by atoms with Crippen molar-refractivity contribution in [2.75, 3.05) is 5.06 Å². The summed E-state index contributed by atoms with van der Waals surface area (Å²) in [7, 11) is 1.67. The fourth-order valence-corrected chi connectivity index (χ4v) is 1.50. The summed E-state index contributed by atoms with van der Waals surface area (Å²) in [4.78, 5) is 0. The Balaban J connectivity index is 2.31. The molecule has 0 spiro atoms. The summed E-state index contributed by atoms with van der Waals surface area (Å²) in [6.45, 7) is 1.86. The van der Waals surface area contributed by atoms with Crippen LogP contribution in [0.5, 0.6) is 0 Å². The first-order chi connectivity index (χ1) is 7.92. The predicted molar refractivity (Wildman–Crippen MR) is 67.7 cm³/mol. The van der Waals surface area contributed by atoms with Crippen molar-refractivity contribution in [1.29, 1.82) is 0 Å². The van der Waals surface area contributed by atoms with Crippen LogP contribution in [0.2, 0.25) is 6.82 Å². The highest BCUT2D eigenvalue weighted by atomic mass is 16.6. The lowest BCUT2D eigenvalue weighted by Crippen LogP contribution is -2.18. The van der Waals surface area contributed by atoms with Crippen molar-refractivity contribution in [2.45, 2.75) is 6.82 Å². The first kappa shape index (κ1) is 10.8. The Kier molecular flexibility index (Phi) is 3.62. The monoisotopic (exact) mass is 210 g/mol. The van der Waals surface area contributed by atoms with E-state index in [0.29, 0.717) is 0 Å². The molecule has 2 rings (SSSR count). The molecule has 2 nitrogen and oxygen atoms in total. The number of benzene rings is 2. The standard InChI is InChI=1S/C13H13BNO/c1-14-16-15(12-8-4-2-5-9-12)13-10-6-3-7-11-13/h2-11H,1H3. The minimum Gasteiger partial charge on any atom is -0.340 e. The maximum atomic E-state index is 5.52. The molecule has 3 heteroatoms. The second-order valence-electron chi connectivity index (χ2n) is 3.31. The van der Waals surface area contributed by atoms with Gasteiger partial charge in [0.25, 0.3) is 0 Å². The Morgan fingerprint density at radius 2 is 1.25 bits per heavy atom. The lowest BCUT2D eigenvalue weighted by molar-refractivity contribution is 0.346. The third-order valence-corrected chi connectivity index (χ3v) is 2.19. The zero-order chi connectivity index (χ0) is 11.2. The third kappa shape index (κ3) is 2.44. The molecule has 2 aromatic carbocycles. The molecule has 1 radical (unpaired) electrons. The van der Waals surface area contributed by atoms with E-state index in [1.165, 1.54) is 0 Å². The first-order valence-electron chi connectivity index (χ1n) is 5.26. The van der Waals surface area contributed by atoms with Crippen LogP contribution in [-0.2, 0) is 4.76 Å². The highest BCUT2D eigenvalue weighted by Crippen LogP contribution is 2.24. The van der Waals surface area contributed by atoms with Crippen LogP contribution in [0.15, 0.2) is 60.7 Å². The molecular weight excluding hydrogens is 197 g/mol. The Bertz CT molecular complexity index is 379. The molecule has 0 aromatic heterocycles. The summed E-state index contributed by atoms with van der Waals surface area (Å²) in [5.41, 5.74) is 2.01. The van der Waals surface area contributed by atoms with Crippen LogP contribution in [0, 0.1) is 0 Å². The van der Waals surface area contributed by atoms with Crippen molar-refractivity contribution < 1.29 is 4.76 Å². The third-order valence-electron chi connectivity index (χ3n) is 2.19. The summed E-state index contributed by atoms with van der Waals surface area (Å²) < 4.78 is 5.52. The number of para-hydroxylation sites is 2. The summed E-state index contributed by atoms with van der Waals surface area (Å²) >= 11 is 0. The largest absolute Gasteiger partial charge is 0.340 e. The van der Waals surface area contributed by atoms with E-state index in [1.54, 1.807) is 12.5 Å². The smallest absolute Gasteiger partial charge is 0.331 e. The lowest BCUT2D eigenvalue weighted by Gasteiger charge is -2.23. The summed E-state index contributed by atoms with van der Waals surface area (Å²) in [5, 5.41) is 1.79. The van der Waals surface area contributed by atoms with E-state index in [4.69, 9.17) is 4.76 Å². The predicted octanol–water partition coefficient (Wildman–Crippen LogP) is 3.42. The quantitative estimate of drug-likeness (QED) is 0.566. The average Bonchev–Trinajstić information content (AvgIpc) is 2.38. The first-order valence-corrected chi connectivity index (χ1v) is 5.26. The van der Waals surface area contributed by atoms with E-state index < -0.39 is 0 Å². The van der Waals surface area contributed by atoms with Gasteiger partial charge in [-0.1, -0.05) is 43.2 Å². The fraction of sp³-hybridized carbons (Fsp3) is 0.0769. The molecule has 2 aromatic rings. The van der Waals surface area contributed by atoms with E-state index >= 15 is 0 Å². The van der Waals surface area contributed by atoms with Crippen molar-refractivity contribution in [2.24, 2.45) is 0 Å². The minimum absolute atomic E-state index is 1.01. The van der Waals surface area contributed by atoms with Gasteiger partial charge in [0.05, 0.1) is 11.4 Å².